The first-order valence-electron chi connectivity index (χ1n) is 7.22. The minimum atomic E-state index is -3.59. The van der Waals surface area contributed by atoms with Crippen molar-refractivity contribution in [3.63, 3.8) is 0 Å². The normalized spacial score (nSPS) is 10.3. The smallest absolute Gasteiger partial charge is 0.262 e. The second-order valence-electron chi connectivity index (χ2n) is 4.76. The van der Waals surface area contributed by atoms with Crippen LogP contribution in [0.4, 0.5) is 0 Å². The van der Waals surface area contributed by atoms with Crippen LogP contribution in [0.1, 0.15) is 11.1 Å². The van der Waals surface area contributed by atoms with Gasteiger partial charge in [0.2, 0.25) is 0 Å². The second kappa shape index (κ2) is 9.77. The third kappa shape index (κ3) is 6.63. The maximum absolute atomic E-state index is 11.3. The van der Waals surface area contributed by atoms with Crippen molar-refractivity contribution in [2.75, 3.05) is 6.61 Å². The van der Waals surface area contributed by atoms with Gasteiger partial charge in [-0.2, -0.15) is 8.42 Å². The van der Waals surface area contributed by atoms with Crippen LogP contribution in [0.2, 0.25) is 0 Å². The minimum absolute atomic E-state index is 0.00275. The van der Waals surface area contributed by atoms with Gasteiger partial charge in [-0.05, 0) is 36.6 Å². The molecule has 0 saturated heterocycles. The summed E-state index contributed by atoms with van der Waals surface area (Å²) in [6, 6.07) is 16.4. The van der Waals surface area contributed by atoms with Gasteiger partial charge in [-0.1, -0.05) is 54.6 Å². The molecule has 0 aromatic heterocycles. The number of allylic oxidation sites excluding steroid dienone is 1. The van der Waals surface area contributed by atoms with Gasteiger partial charge in [0.15, 0.2) is 0 Å². The largest absolute Gasteiger partial charge is 0.297 e. The number of hydrogen-bond acceptors (Lipinski definition) is 3. The summed E-state index contributed by atoms with van der Waals surface area (Å²) in [7, 11) is -3.59. The molecule has 2 rings (SSSR count). The molecule has 0 amide bonds. The Morgan fingerprint density at radius 1 is 0.957 bits per heavy atom. The van der Waals surface area contributed by atoms with E-state index in [2.05, 4.69) is 48.5 Å². The molecular formula is C19H22O3S. The monoisotopic (exact) mass is 330 g/mol. The number of benzene rings is 2. The maximum Gasteiger partial charge on any atom is 0.297 e. The van der Waals surface area contributed by atoms with Gasteiger partial charge in [-0.15, -0.1) is 13.2 Å². The average Bonchev–Trinajstić information content (AvgIpc) is 2.57. The molecule has 0 saturated carbocycles. The van der Waals surface area contributed by atoms with E-state index in [0.717, 1.165) is 6.42 Å². The van der Waals surface area contributed by atoms with E-state index in [4.69, 9.17) is 0 Å². The summed E-state index contributed by atoms with van der Waals surface area (Å²) in [5.41, 5.74) is 2.72. The Kier molecular flexibility index (Phi) is 8.02. The summed E-state index contributed by atoms with van der Waals surface area (Å²) in [6.07, 6.45) is 4.30. The zero-order valence-electron chi connectivity index (χ0n) is 13.3. The molecule has 4 heteroatoms. The molecule has 0 aliphatic rings. The van der Waals surface area contributed by atoms with Crippen LogP contribution in [0.25, 0.3) is 0 Å². The van der Waals surface area contributed by atoms with Crippen molar-refractivity contribution in [3.05, 3.63) is 91.0 Å². The quantitative estimate of drug-likeness (QED) is 0.586. The molecule has 0 heterocycles. The third-order valence-corrected chi connectivity index (χ3v) is 4.29. The zero-order chi connectivity index (χ0) is 17.1. The van der Waals surface area contributed by atoms with Gasteiger partial charge in [0, 0.05) is 0 Å². The van der Waals surface area contributed by atoms with Crippen molar-refractivity contribution in [1.29, 1.82) is 0 Å². The fourth-order valence-corrected chi connectivity index (χ4v) is 2.69. The van der Waals surface area contributed by atoms with Crippen LogP contribution in [0.5, 0.6) is 0 Å². The van der Waals surface area contributed by atoms with Gasteiger partial charge in [0.25, 0.3) is 10.1 Å². The number of aryl methyl sites for hydroxylation is 1. The lowest BCUT2D eigenvalue weighted by molar-refractivity contribution is 0.357. The molecule has 0 fully saturated rings. The predicted octanol–water partition coefficient (Wildman–Crippen LogP) is 4.30. The van der Waals surface area contributed by atoms with Crippen molar-refractivity contribution < 1.29 is 12.6 Å². The van der Waals surface area contributed by atoms with Crippen molar-refractivity contribution >= 4 is 10.1 Å². The topological polar surface area (TPSA) is 43.4 Å². The highest BCUT2D eigenvalue weighted by Crippen LogP contribution is 2.10. The van der Waals surface area contributed by atoms with Gasteiger partial charge in [-0.25, -0.2) is 0 Å². The van der Waals surface area contributed by atoms with E-state index in [-0.39, 0.29) is 11.5 Å². The summed E-state index contributed by atoms with van der Waals surface area (Å²) in [5.74, 6) is 0. The highest BCUT2D eigenvalue weighted by atomic mass is 32.2. The van der Waals surface area contributed by atoms with E-state index in [1.54, 1.807) is 18.2 Å². The highest BCUT2D eigenvalue weighted by molar-refractivity contribution is 7.86. The van der Waals surface area contributed by atoms with Crippen LogP contribution in [-0.4, -0.2) is 15.0 Å². The number of rotatable bonds is 6. The molecule has 0 N–H and O–H groups in total. The third-order valence-electron chi connectivity index (χ3n) is 3.00. The summed E-state index contributed by atoms with van der Waals surface area (Å²) in [4.78, 5) is 0.164. The highest BCUT2D eigenvalue weighted by Gasteiger charge is 2.12. The van der Waals surface area contributed by atoms with Gasteiger partial charge < -0.3 is 0 Å². The average molecular weight is 330 g/mol. The number of hydrogen-bond donors (Lipinski definition) is 0. The SMILES string of the molecule is C=CCOS(=O)(=O)c1ccccc1.C=CCc1ccccc1C. The Balaban J connectivity index is 0.000000238. The molecule has 0 bridgehead atoms. The molecule has 0 atom stereocenters. The van der Waals surface area contributed by atoms with E-state index < -0.39 is 10.1 Å². The molecule has 2 aromatic rings. The lowest BCUT2D eigenvalue weighted by atomic mass is 10.1. The fourth-order valence-electron chi connectivity index (χ4n) is 1.79. The van der Waals surface area contributed by atoms with Crippen molar-refractivity contribution in [1.82, 2.24) is 0 Å². The van der Waals surface area contributed by atoms with E-state index in [1.807, 2.05) is 6.08 Å². The van der Waals surface area contributed by atoms with Crippen LogP contribution >= 0.6 is 0 Å². The van der Waals surface area contributed by atoms with E-state index >= 15 is 0 Å². The molecular weight excluding hydrogens is 308 g/mol. The summed E-state index contributed by atoms with van der Waals surface area (Å²) >= 11 is 0. The first-order chi connectivity index (χ1) is 11.0. The Hall–Kier alpha value is -2.17. The molecule has 0 spiro atoms. The maximum atomic E-state index is 11.3. The lowest BCUT2D eigenvalue weighted by Gasteiger charge is -2.01. The van der Waals surface area contributed by atoms with Crippen LogP contribution < -0.4 is 0 Å². The lowest BCUT2D eigenvalue weighted by Crippen LogP contribution is -2.05. The van der Waals surface area contributed by atoms with E-state index in [1.165, 1.54) is 29.3 Å². The van der Waals surface area contributed by atoms with E-state index in [0.29, 0.717) is 0 Å². The Morgan fingerprint density at radius 3 is 2.13 bits per heavy atom. The summed E-state index contributed by atoms with van der Waals surface area (Å²) < 4.78 is 27.3. The standard InChI is InChI=1S/C10H12.C9H10O3S/c1-3-6-10-8-5-4-7-9(10)2;1-2-8-12-13(10,11)9-6-4-3-5-7-9/h3-5,7-8H,1,6H2,2H3;2-7H,1,8H2. The first kappa shape index (κ1) is 18.9. The van der Waals surface area contributed by atoms with Crippen LogP contribution in [-0.2, 0) is 20.7 Å². The van der Waals surface area contributed by atoms with Crippen LogP contribution in [0.15, 0.2) is 84.8 Å². The van der Waals surface area contributed by atoms with Crippen LogP contribution in [0, 0.1) is 6.92 Å². The van der Waals surface area contributed by atoms with E-state index in [9.17, 15) is 8.42 Å². The molecule has 0 aliphatic heterocycles. The molecule has 122 valence electrons. The molecule has 3 nitrogen and oxygen atoms in total. The summed E-state index contributed by atoms with van der Waals surface area (Å²) in [5, 5.41) is 0. The molecule has 0 unspecified atom stereocenters. The van der Waals surface area contributed by atoms with Crippen LogP contribution in [0.3, 0.4) is 0 Å². The van der Waals surface area contributed by atoms with Gasteiger partial charge >= 0.3 is 0 Å². The summed E-state index contributed by atoms with van der Waals surface area (Å²) in [6.45, 7) is 9.19. The van der Waals surface area contributed by atoms with Gasteiger partial charge in [0.05, 0.1) is 11.5 Å². The predicted molar refractivity (Wildman–Crippen MR) is 94.9 cm³/mol. The minimum Gasteiger partial charge on any atom is -0.262 e. The zero-order valence-corrected chi connectivity index (χ0v) is 14.1. The first-order valence-corrected chi connectivity index (χ1v) is 8.63. The Morgan fingerprint density at radius 2 is 1.57 bits per heavy atom. The molecule has 23 heavy (non-hydrogen) atoms. The van der Waals surface area contributed by atoms with Crippen molar-refractivity contribution in [2.24, 2.45) is 0 Å². The molecule has 0 radical (unpaired) electrons. The molecule has 0 aliphatic carbocycles. The van der Waals surface area contributed by atoms with Crippen molar-refractivity contribution in [2.45, 2.75) is 18.2 Å². The van der Waals surface area contributed by atoms with Gasteiger partial charge in [-0.3, -0.25) is 4.18 Å². The Bertz CT molecular complexity index is 719. The second-order valence-corrected chi connectivity index (χ2v) is 6.38. The van der Waals surface area contributed by atoms with Crippen molar-refractivity contribution in [3.8, 4) is 0 Å². The van der Waals surface area contributed by atoms with Gasteiger partial charge in [0.1, 0.15) is 0 Å². The fraction of sp³-hybridized carbons (Fsp3) is 0.158. The molecule has 2 aromatic carbocycles. The Labute approximate surface area is 139 Å².